The molecule has 0 heterocycles. The van der Waals surface area contributed by atoms with Gasteiger partial charge in [0.05, 0.1) is 32.2 Å². The van der Waals surface area contributed by atoms with E-state index in [0.717, 1.165) is 44.8 Å². The summed E-state index contributed by atoms with van der Waals surface area (Å²) >= 11 is 6.03. The average Bonchev–Trinajstić information content (AvgIpc) is 2.84. The van der Waals surface area contributed by atoms with Gasteiger partial charge in [-0.05, 0) is 150 Å². The number of aliphatic carboxylic acids is 2. The van der Waals surface area contributed by atoms with E-state index in [1.165, 1.54) is 75.3 Å². The number of aliphatic hydroxyl groups excluding tert-OH is 2. The molecule has 0 spiro atoms. The van der Waals surface area contributed by atoms with Crippen LogP contribution in [0.2, 0.25) is 5.02 Å². The second kappa shape index (κ2) is 31.4. The van der Waals surface area contributed by atoms with Gasteiger partial charge in [-0.15, -0.1) is 0 Å². The number of carboxylic acid groups (broad SMARTS) is 2. The molecular formula is C69H75ClN6O10. The molecule has 2 aliphatic carbocycles. The highest BCUT2D eigenvalue weighted by Crippen LogP contribution is 2.35. The van der Waals surface area contributed by atoms with Crippen molar-refractivity contribution in [3.8, 4) is 11.1 Å². The van der Waals surface area contributed by atoms with Gasteiger partial charge in [0.25, 0.3) is 11.8 Å². The number of aliphatic hydroxyl groups is 2. The van der Waals surface area contributed by atoms with E-state index in [1.807, 2.05) is 79.7 Å². The number of carbonyl (C=O) groups is 6. The van der Waals surface area contributed by atoms with Crippen molar-refractivity contribution in [2.45, 2.75) is 121 Å². The van der Waals surface area contributed by atoms with Crippen molar-refractivity contribution in [1.82, 2.24) is 21.3 Å². The summed E-state index contributed by atoms with van der Waals surface area (Å²) in [6.07, 6.45) is 9.00. The number of nitrogens with zero attached hydrogens (tertiary/aromatic N) is 2. The van der Waals surface area contributed by atoms with Gasteiger partial charge in [-0.2, -0.15) is 0 Å². The van der Waals surface area contributed by atoms with Gasteiger partial charge in [0, 0.05) is 34.1 Å². The Kier molecular flexibility index (Phi) is 23.0. The number of benzene rings is 7. The molecule has 2 fully saturated rings. The molecule has 6 amide bonds. The zero-order valence-electron chi connectivity index (χ0n) is 48.2. The Balaban J connectivity index is 0.000000225. The van der Waals surface area contributed by atoms with Crippen LogP contribution >= 0.6 is 11.6 Å². The Morgan fingerprint density at radius 1 is 0.500 bits per heavy atom. The molecule has 3 atom stereocenters. The smallest absolute Gasteiger partial charge is 0.334 e. The molecule has 2 saturated carbocycles. The highest BCUT2D eigenvalue weighted by molar-refractivity contribution is 6.30. The van der Waals surface area contributed by atoms with Gasteiger partial charge in [0.2, 0.25) is 0 Å². The number of nitrogens with one attached hydrogen (secondary N) is 4. The average molecular weight is 1180 g/mol. The number of carboxylic acids is 2. The molecular weight excluding hydrogens is 1110 g/mol. The van der Waals surface area contributed by atoms with Crippen LogP contribution in [0.15, 0.2) is 176 Å². The minimum Gasteiger partial charge on any atom is -0.479 e. The maximum atomic E-state index is 13.8. The second-order valence-electron chi connectivity index (χ2n) is 22.0. The normalized spacial score (nSPS) is 14.4. The van der Waals surface area contributed by atoms with Gasteiger partial charge in [0.1, 0.15) is 0 Å². The van der Waals surface area contributed by atoms with Crippen LogP contribution in [-0.2, 0) is 29.2 Å². The Morgan fingerprint density at radius 2 is 0.930 bits per heavy atom. The highest BCUT2D eigenvalue weighted by atomic mass is 35.5. The van der Waals surface area contributed by atoms with E-state index >= 15 is 0 Å². The van der Waals surface area contributed by atoms with E-state index in [1.54, 1.807) is 70.5 Å². The standard InChI is InChI=1S/C37H39N3O5.C32H36ClN3O5/c41-34(36(43)44)24-38-35(42)30-17-15-26(16-18-30)25-40(32-21-19-28(20-22-32)27-9-3-1-4-10-27)37(45)39-23-31-13-7-8-14-33(31)29-11-5-2-6-12-29;1-21(23-11-15-27(33)16-12-23)35-32(41)36(28-17-13-25(14-18-28)24-5-3-2-4-6-24)20-22-7-9-26(10-8-22)30(38)34-19-29(37)31(39)40/h2,5-8,11-22,27,34,41H,1,3-4,9-10,23-25H2,(H,38,42)(H,39,45)(H,43,44);7-18,21,24,29,37H,2-6,19-20H2,1H3,(H,34,38)(H,35,41)(H,39,40)/t;21-,29+/m.0/s1. The highest BCUT2D eigenvalue weighted by Gasteiger charge is 2.24. The van der Waals surface area contributed by atoms with Crippen LogP contribution in [0.5, 0.6) is 0 Å². The molecule has 0 saturated heterocycles. The first-order valence-electron chi connectivity index (χ1n) is 29.4. The van der Waals surface area contributed by atoms with Crippen LogP contribution in [0.25, 0.3) is 11.1 Å². The quantitative estimate of drug-likeness (QED) is 0.0339. The number of urea groups is 2. The summed E-state index contributed by atoms with van der Waals surface area (Å²) in [6, 6.07) is 54.7. The first kappa shape index (κ1) is 63.2. The molecule has 7 aromatic carbocycles. The topological polar surface area (TPSA) is 238 Å². The molecule has 0 bridgehead atoms. The van der Waals surface area contributed by atoms with Gasteiger partial charge in [-0.25, -0.2) is 19.2 Å². The summed E-state index contributed by atoms with van der Waals surface area (Å²) in [5.41, 5.74) is 10.5. The molecule has 2 aliphatic rings. The molecule has 0 aromatic heterocycles. The van der Waals surface area contributed by atoms with Crippen LogP contribution < -0.4 is 31.1 Å². The zero-order valence-corrected chi connectivity index (χ0v) is 49.0. The van der Waals surface area contributed by atoms with Gasteiger partial charge >= 0.3 is 24.0 Å². The lowest BCUT2D eigenvalue weighted by Crippen LogP contribution is -2.40. The minimum absolute atomic E-state index is 0.243. The summed E-state index contributed by atoms with van der Waals surface area (Å²) in [7, 11) is 0. The number of anilines is 2. The van der Waals surface area contributed by atoms with Crippen molar-refractivity contribution < 1.29 is 49.2 Å². The Bertz CT molecular complexity index is 3360. The lowest BCUT2D eigenvalue weighted by atomic mass is 9.84. The first-order chi connectivity index (χ1) is 41.6. The number of carbonyl (C=O) groups excluding carboxylic acids is 4. The number of hydrogen-bond donors (Lipinski definition) is 8. The predicted molar refractivity (Wildman–Crippen MR) is 334 cm³/mol. The van der Waals surface area contributed by atoms with E-state index in [0.29, 0.717) is 34.5 Å². The van der Waals surface area contributed by atoms with E-state index in [4.69, 9.17) is 21.8 Å². The van der Waals surface area contributed by atoms with Crippen molar-refractivity contribution in [2.75, 3.05) is 22.9 Å². The summed E-state index contributed by atoms with van der Waals surface area (Å²) in [6.45, 7) is 2.01. The molecule has 1 unspecified atom stereocenters. The zero-order chi connectivity index (χ0) is 61.0. The van der Waals surface area contributed by atoms with Crippen molar-refractivity contribution in [1.29, 1.82) is 0 Å². The summed E-state index contributed by atoms with van der Waals surface area (Å²) in [4.78, 5) is 77.3. The first-order valence-corrected chi connectivity index (χ1v) is 29.8. The van der Waals surface area contributed by atoms with Crippen molar-refractivity contribution in [3.05, 3.63) is 225 Å². The fourth-order valence-electron chi connectivity index (χ4n) is 10.9. The third-order valence-corrected chi connectivity index (χ3v) is 16.1. The third-order valence-electron chi connectivity index (χ3n) is 15.9. The largest absolute Gasteiger partial charge is 0.479 e. The molecule has 448 valence electrons. The van der Waals surface area contributed by atoms with Crippen LogP contribution in [0.1, 0.15) is 143 Å². The van der Waals surface area contributed by atoms with Gasteiger partial charge in [-0.1, -0.05) is 165 Å². The Hall–Kier alpha value is -8.83. The molecule has 9 rings (SSSR count). The molecule has 8 N–H and O–H groups in total. The number of hydrogen-bond acceptors (Lipinski definition) is 8. The maximum Gasteiger partial charge on any atom is 0.334 e. The summed E-state index contributed by atoms with van der Waals surface area (Å²) in [5, 5.41) is 48.1. The van der Waals surface area contributed by atoms with E-state index in [2.05, 4.69) is 63.7 Å². The predicted octanol–water partition coefficient (Wildman–Crippen LogP) is 12.5. The number of amides is 6. The van der Waals surface area contributed by atoms with Crippen LogP contribution in [0.3, 0.4) is 0 Å². The summed E-state index contributed by atoms with van der Waals surface area (Å²) < 4.78 is 0. The van der Waals surface area contributed by atoms with Gasteiger partial charge in [0.15, 0.2) is 12.2 Å². The number of halogens is 1. The SMILES string of the molecule is C[C@H](NC(=O)N(Cc1ccc(C(=O)NC[C@@H](O)C(=O)O)cc1)c1ccc(C2CCCCC2)cc1)c1ccc(Cl)cc1.O=C(NCC(O)C(=O)O)c1ccc(CN(C(=O)NCc2ccccc2-c2ccccc2)c2ccc(C3CCCCC3)cc2)cc1. The van der Waals surface area contributed by atoms with Crippen LogP contribution in [0, 0.1) is 0 Å². The molecule has 0 radical (unpaired) electrons. The lowest BCUT2D eigenvalue weighted by Gasteiger charge is -2.27. The van der Waals surface area contributed by atoms with Crippen LogP contribution in [-0.4, -0.2) is 81.5 Å². The van der Waals surface area contributed by atoms with Gasteiger partial charge in [-0.3, -0.25) is 19.4 Å². The monoisotopic (exact) mass is 1180 g/mol. The van der Waals surface area contributed by atoms with E-state index in [-0.39, 0.29) is 31.2 Å². The van der Waals surface area contributed by atoms with Crippen LogP contribution in [0.4, 0.5) is 21.0 Å². The minimum atomic E-state index is -1.68. The lowest BCUT2D eigenvalue weighted by molar-refractivity contribution is -0.147. The fraction of sp³-hybridized carbons (Fsp3) is 0.304. The Morgan fingerprint density at radius 3 is 1.38 bits per heavy atom. The molecule has 0 aliphatic heterocycles. The molecule has 16 nitrogen and oxygen atoms in total. The summed E-state index contributed by atoms with van der Waals surface area (Å²) in [5.74, 6) is -2.69. The van der Waals surface area contributed by atoms with Crippen molar-refractivity contribution in [3.63, 3.8) is 0 Å². The second-order valence-corrected chi connectivity index (χ2v) is 22.4. The van der Waals surface area contributed by atoms with E-state index in [9.17, 15) is 39.0 Å². The fourth-order valence-corrected chi connectivity index (χ4v) is 11.0. The van der Waals surface area contributed by atoms with Crippen molar-refractivity contribution >= 4 is 58.8 Å². The van der Waals surface area contributed by atoms with E-state index < -0.39 is 49.1 Å². The third kappa shape index (κ3) is 18.1. The maximum absolute atomic E-state index is 13.8. The molecule has 17 heteroatoms. The number of rotatable bonds is 21. The van der Waals surface area contributed by atoms with Crippen molar-refractivity contribution in [2.24, 2.45) is 0 Å². The Labute approximate surface area is 507 Å². The molecule has 86 heavy (non-hydrogen) atoms. The molecule has 7 aromatic rings. The van der Waals surface area contributed by atoms with Gasteiger partial charge < -0.3 is 41.7 Å².